The molecular weight excluding hydrogens is 333 g/mol. The number of carbonyl (C=O) groups excluding carboxylic acids is 1. The molecule has 1 aliphatic rings. The highest BCUT2D eigenvalue weighted by Gasteiger charge is 2.22. The molecule has 1 amide bonds. The van der Waals surface area contributed by atoms with Crippen LogP contribution in [0.2, 0.25) is 0 Å². The molecule has 5 nitrogen and oxygen atoms in total. The number of ether oxygens (including phenoxy) is 1. The molecular formula is C20H20FN3O2. The Hall–Kier alpha value is -2.89. The Kier molecular flexibility index (Phi) is 4.32. The number of amides is 1. The number of aryl methyl sites for hydroxylation is 1. The van der Waals surface area contributed by atoms with Gasteiger partial charge in [-0.05, 0) is 37.5 Å². The molecule has 1 unspecified atom stereocenters. The second kappa shape index (κ2) is 6.78. The van der Waals surface area contributed by atoms with Crippen LogP contribution >= 0.6 is 0 Å². The summed E-state index contributed by atoms with van der Waals surface area (Å²) < 4.78 is 21.0. The maximum Gasteiger partial charge on any atom is 0.226 e. The van der Waals surface area contributed by atoms with Crippen LogP contribution in [0.1, 0.15) is 35.7 Å². The highest BCUT2D eigenvalue weighted by molar-refractivity contribution is 5.79. The van der Waals surface area contributed by atoms with Gasteiger partial charge >= 0.3 is 0 Å². The number of pyridine rings is 1. The summed E-state index contributed by atoms with van der Waals surface area (Å²) >= 11 is 0. The van der Waals surface area contributed by atoms with E-state index in [1.54, 1.807) is 6.07 Å². The number of imidazole rings is 1. The van der Waals surface area contributed by atoms with E-state index in [1.165, 1.54) is 12.1 Å². The Morgan fingerprint density at radius 1 is 1.42 bits per heavy atom. The van der Waals surface area contributed by atoms with Crippen molar-refractivity contribution in [3.63, 3.8) is 0 Å². The Morgan fingerprint density at radius 3 is 3.15 bits per heavy atom. The molecule has 1 aliphatic heterocycles. The minimum Gasteiger partial charge on any atom is -0.493 e. The summed E-state index contributed by atoms with van der Waals surface area (Å²) in [7, 11) is 0. The minimum atomic E-state index is -0.337. The molecule has 0 bridgehead atoms. The van der Waals surface area contributed by atoms with Crippen LogP contribution in [0.3, 0.4) is 0 Å². The first-order valence-corrected chi connectivity index (χ1v) is 8.75. The van der Waals surface area contributed by atoms with Gasteiger partial charge < -0.3 is 14.5 Å². The molecule has 0 radical (unpaired) electrons. The van der Waals surface area contributed by atoms with Crippen molar-refractivity contribution in [3.05, 3.63) is 65.4 Å². The molecule has 1 N–H and O–H groups in total. The summed E-state index contributed by atoms with van der Waals surface area (Å²) in [5.74, 6) is 0.0696. The van der Waals surface area contributed by atoms with Gasteiger partial charge in [0.1, 0.15) is 17.2 Å². The van der Waals surface area contributed by atoms with Crippen LogP contribution in [0.4, 0.5) is 4.39 Å². The topological polar surface area (TPSA) is 55.6 Å². The summed E-state index contributed by atoms with van der Waals surface area (Å²) in [5.41, 5.74) is 3.47. The predicted molar refractivity (Wildman–Crippen MR) is 95.6 cm³/mol. The quantitative estimate of drug-likeness (QED) is 0.786. The fourth-order valence-corrected chi connectivity index (χ4v) is 3.40. The first kappa shape index (κ1) is 16.6. The van der Waals surface area contributed by atoms with Gasteiger partial charge in [0.2, 0.25) is 5.91 Å². The number of aromatic nitrogens is 2. The van der Waals surface area contributed by atoms with E-state index in [1.807, 2.05) is 35.9 Å². The van der Waals surface area contributed by atoms with Crippen molar-refractivity contribution >= 4 is 11.6 Å². The molecule has 3 heterocycles. The van der Waals surface area contributed by atoms with Crippen molar-refractivity contribution < 1.29 is 13.9 Å². The van der Waals surface area contributed by atoms with Crippen LogP contribution in [0.5, 0.6) is 5.75 Å². The van der Waals surface area contributed by atoms with Gasteiger partial charge in [0.05, 0.1) is 24.8 Å². The predicted octanol–water partition coefficient (Wildman–Crippen LogP) is 3.35. The first-order chi connectivity index (χ1) is 12.6. The second-order valence-electron chi connectivity index (χ2n) is 6.62. The second-order valence-corrected chi connectivity index (χ2v) is 6.62. The molecule has 0 fully saturated rings. The Balaban J connectivity index is 1.51. The maximum atomic E-state index is 13.5. The van der Waals surface area contributed by atoms with E-state index >= 15 is 0 Å². The molecule has 4 rings (SSSR count). The standard InChI is InChI=1S/C20H20FN3O2/c1-13-4-2-8-24-12-15(22-20(13)24)11-19(25)23-17-5-3-9-26-18-10-14(21)6-7-16(17)18/h2,4,6-8,10,12,17H,3,5,9,11H2,1H3,(H,23,25). The van der Waals surface area contributed by atoms with Crippen molar-refractivity contribution in [2.45, 2.75) is 32.2 Å². The molecule has 0 saturated carbocycles. The average Bonchev–Trinajstić information content (AvgIpc) is 2.91. The monoisotopic (exact) mass is 353 g/mol. The number of rotatable bonds is 3. The summed E-state index contributed by atoms with van der Waals surface area (Å²) in [5, 5.41) is 3.05. The van der Waals surface area contributed by atoms with E-state index < -0.39 is 0 Å². The third-order valence-corrected chi connectivity index (χ3v) is 4.65. The molecule has 26 heavy (non-hydrogen) atoms. The highest BCUT2D eigenvalue weighted by atomic mass is 19.1. The van der Waals surface area contributed by atoms with Crippen molar-refractivity contribution in [1.82, 2.24) is 14.7 Å². The fourth-order valence-electron chi connectivity index (χ4n) is 3.40. The molecule has 0 aliphatic carbocycles. The SMILES string of the molecule is Cc1cccn2cc(CC(=O)NC3CCCOc4cc(F)ccc43)nc12. The Bertz CT molecular complexity index is 967. The van der Waals surface area contributed by atoms with E-state index in [4.69, 9.17) is 4.74 Å². The van der Waals surface area contributed by atoms with Crippen LogP contribution in [0.15, 0.2) is 42.7 Å². The summed E-state index contributed by atoms with van der Waals surface area (Å²) in [6.07, 6.45) is 5.56. The molecule has 0 spiro atoms. The summed E-state index contributed by atoms with van der Waals surface area (Å²) in [6, 6.07) is 8.24. The number of hydrogen-bond donors (Lipinski definition) is 1. The van der Waals surface area contributed by atoms with Crippen LogP contribution in [0.25, 0.3) is 5.65 Å². The molecule has 0 saturated heterocycles. The zero-order chi connectivity index (χ0) is 18.1. The summed E-state index contributed by atoms with van der Waals surface area (Å²) in [4.78, 5) is 17.1. The zero-order valence-corrected chi connectivity index (χ0v) is 14.5. The van der Waals surface area contributed by atoms with Gasteiger partial charge in [0, 0.05) is 24.0 Å². The van der Waals surface area contributed by atoms with Crippen molar-refractivity contribution in [3.8, 4) is 5.75 Å². The molecule has 134 valence electrons. The van der Waals surface area contributed by atoms with Crippen LogP contribution in [-0.4, -0.2) is 21.9 Å². The van der Waals surface area contributed by atoms with Gasteiger partial charge in [-0.15, -0.1) is 0 Å². The van der Waals surface area contributed by atoms with E-state index in [2.05, 4.69) is 10.3 Å². The third kappa shape index (κ3) is 3.27. The van der Waals surface area contributed by atoms with Crippen molar-refractivity contribution in [2.24, 2.45) is 0 Å². The number of nitrogens with one attached hydrogen (secondary N) is 1. The number of fused-ring (bicyclic) bond motifs is 2. The normalized spacial score (nSPS) is 16.6. The smallest absolute Gasteiger partial charge is 0.226 e. The number of benzene rings is 1. The lowest BCUT2D eigenvalue weighted by Gasteiger charge is -2.18. The van der Waals surface area contributed by atoms with Gasteiger partial charge in [-0.1, -0.05) is 12.1 Å². The van der Waals surface area contributed by atoms with Crippen molar-refractivity contribution in [1.29, 1.82) is 0 Å². The number of nitrogens with zero attached hydrogens (tertiary/aromatic N) is 2. The lowest BCUT2D eigenvalue weighted by atomic mass is 10.0. The van der Waals surface area contributed by atoms with Crippen LogP contribution < -0.4 is 10.1 Å². The highest BCUT2D eigenvalue weighted by Crippen LogP contribution is 2.32. The Labute approximate surface area is 150 Å². The Morgan fingerprint density at radius 2 is 2.31 bits per heavy atom. The first-order valence-electron chi connectivity index (χ1n) is 8.75. The molecule has 2 aromatic heterocycles. The van der Waals surface area contributed by atoms with Gasteiger partial charge in [0.15, 0.2) is 0 Å². The molecule has 1 aromatic carbocycles. The van der Waals surface area contributed by atoms with E-state index in [0.717, 1.165) is 35.3 Å². The molecule has 3 aromatic rings. The van der Waals surface area contributed by atoms with Gasteiger partial charge in [0.25, 0.3) is 0 Å². The van der Waals surface area contributed by atoms with Crippen molar-refractivity contribution in [2.75, 3.05) is 6.61 Å². The summed E-state index contributed by atoms with van der Waals surface area (Å²) in [6.45, 7) is 2.52. The molecule has 6 heteroatoms. The lowest BCUT2D eigenvalue weighted by molar-refractivity contribution is -0.121. The number of hydrogen-bond acceptors (Lipinski definition) is 3. The van der Waals surface area contributed by atoms with Gasteiger partial charge in [-0.2, -0.15) is 0 Å². The fraction of sp³-hybridized carbons (Fsp3) is 0.300. The largest absolute Gasteiger partial charge is 0.493 e. The van der Waals surface area contributed by atoms with Gasteiger partial charge in [-0.3, -0.25) is 4.79 Å². The van der Waals surface area contributed by atoms with Gasteiger partial charge in [-0.25, -0.2) is 9.37 Å². The van der Waals surface area contributed by atoms with E-state index in [0.29, 0.717) is 12.4 Å². The van der Waals surface area contributed by atoms with E-state index in [9.17, 15) is 9.18 Å². The van der Waals surface area contributed by atoms with Crippen LogP contribution in [-0.2, 0) is 11.2 Å². The maximum absolute atomic E-state index is 13.5. The van der Waals surface area contributed by atoms with Crippen LogP contribution in [0, 0.1) is 12.7 Å². The van der Waals surface area contributed by atoms with E-state index in [-0.39, 0.29) is 24.2 Å². The molecule has 1 atom stereocenters. The average molecular weight is 353 g/mol. The third-order valence-electron chi connectivity index (χ3n) is 4.65. The number of carbonyl (C=O) groups is 1. The zero-order valence-electron chi connectivity index (χ0n) is 14.5. The number of halogens is 1. The lowest BCUT2D eigenvalue weighted by Crippen LogP contribution is -2.29. The minimum absolute atomic E-state index is 0.103.